The molecule has 0 aromatic rings. The van der Waals surface area contributed by atoms with Gasteiger partial charge in [-0.1, -0.05) is 0 Å². The molecule has 9 heteroatoms. The minimum Gasteiger partial charge on any atom is -0.396 e. The molecule has 0 aliphatic carbocycles. The number of ether oxygens (including phenoxy) is 2. The van der Waals surface area contributed by atoms with Crippen molar-refractivity contribution in [1.29, 1.82) is 0 Å². The van der Waals surface area contributed by atoms with E-state index < -0.39 is 41.0 Å². The molecule has 0 spiro atoms. The number of halogens is 2. The Balaban J connectivity index is 0. The lowest BCUT2D eigenvalue weighted by atomic mass is 9.97. The summed E-state index contributed by atoms with van der Waals surface area (Å²) >= 11 is 0. The third kappa shape index (κ3) is 11.5. The molecule has 0 rings (SSSR count). The molecular weight excluding hydrogens is 298 g/mol. The zero-order chi connectivity index (χ0) is 16.6. The number of alkyl halides is 2. The summed E-state index contributed by atoms with van der Waals surface area (Å²) in [6.45, 7) is 5.75. The molecule has 2 N–H and O–H groups in total. The van der Waals surface area contributed by atoms with Gasteiger partial charge >= 0.3 is 0 Å². The van der Waals surface area contributed by atoms with Crippen LogP contribution >= 0.6 is 0 Å². The summed E-state index contributed by atoms with van der Waals surface area (Å²) in [6, 6.07) is 0. The summed E-state index contributed by atoms with van der Waals surface area (Å²) in [4.78, 5) is 0. The monoisotopic (exact) mass is 322 g/mol. The van der Waals surface area contributed by atoms with Gasteiger partial charge in [-0.2, -0.15) is 8.42 Å². The minimum atomic E-state index is -3.67. The van der Waals surface area contributed by atoms with E-state index >= 15 is 0 Å². The molecule has 0 saturated heterocycles. The van der Waals surface area contributed by atoms with Crippen molar-refractivity contribution < 1.29 is 36.3 Å². The van der Waals surface area contributed by atoms with Crippen molar-refractivity contribution in [1.82, 2.24) is 0 Å². The van der Waals surface area contributed by atoms with Crippen molar-refractivity contribution in [3.8, 4) is 0 Å². The largest absolute Gasteiger partial charge is 0.396 e. The molecule has 0 heterocycles. The van der Waals surface area contributed by atoms with Gasteiger partial charge in [0.1, 0.15) is 5.60 Å². The topological polar surface area (TPSA) is 93.1 Å². The van der Waals surface area contributed by atoms with Crippen LogP contribution in [0, 0.1) is 0 Å². The van der Waals surface area contributed by atoms with Gasteiger partial charge in [0.05, 0.1) is 6.26 Å². The SMILES string of the molecule is CCOC(C)OC(C)(C)C(F)(F)CCO.CS(=O)(=O)O. The van der Waals surface area contributed by atoms with E-state index in [4.69, 9.17) is 19.1 Å². The van der Waals surface area contributed by atoms with Crippen LogP contribution in [-0.4, -0.2) is 55.4 Å². The molecule has 124 valence electrons. The maximum Gasteiger partial charge on any atom is 0.278 e. The Labute approximate surface area is 118 Å². The first-order valence-corrected chi connectivity index (χ1v) is 7.82. The maximum absolute atomic E-state index is 13.5. The van der Waals surface area contributed by atoms with E-state index in [0.29, 0.717) is 12.9 Å². The average molecular weight is 322 g/mol. The molecule has 1 atom stereocenters. The van der Waals surface area contributed by atoms with Crippen LogP contribution in [0.25, 0.3) is 0 Å². The first-order valence-electron chi connectivity index (χ1n) is 5.97. The molecule has 0 aliphatic heterocycles. The Bertz CT molecular complexity index is 348. The molecule has 0 fully saturated rings. The molecule has 0 bridgehead atoms. The van der Waals surface area contributed by atoms with Gasteiger partial charge in [0.2, 0.25) is 0 Å². The molecule has 20 heavy (non-hydrogen) atoms. The highest BCUT2D eigenvalue weighted by molar-refractivity contribution is 7.85. The zero-order valence-corrected chi connectivity index (χ0v) is 13.2. The Kier molecular flexibility index (Phi) is 9.69. The predicted octanol–water partition coefficient (Wildman–Crippen LogP) is 1.69. The molecule has 6 nitrogen and oxygen atoms in total. The van der Waals surface area contributed by atoms with Crippen molar-refractivity contribution in [2.45, 2.75) is 51.9 Å². The average Bonchev–Trinajstić information content (AvgIpc) is 2.13. The molecule has 0 amide bonds. The number of aliphatic hydroxyl groups excluding tert-OH is 1. The molecule has 0 aliphatic rings. The van der Waals surface area contributed by atoms with E-state index in [-0.39, 0.29) is 0 Å². The van der Waals surface area contributed by atoms with Crippen LogP contribution in [0.1, 0.15) is 34.1 Å². The van der Waals surface area contributed by atoms with Gasteiger partial charge in [0, 0.05) is 19.6 Å². The van der Waals surface area contributed by atoms with Crippen molar-refractivity contribution >= 4 is 10.1 Å². The van der Waals surface area contributed by atoms with Gasteiger partial charge in [-0.05, 0) is 27.7 Å². The van der Waals surface area contributed by atoms with Crippen LogP contribution in [-0.2, 0) is 19.6 Å². The van der Waals surface area contributed by atoms with Gasteiger partial charge in [-0.15, -0.1) is 0 Å². The van der Waals surface area contributed by atoms with Gasteiger partial charge in [0.15, 0.2) is 6.29 Å². The molecule has 0 saturated carbocycles. The standard InChI is InChI=1S/C10H20F2O3.CH4O3S/c1-5-14-8(2)15-9(3,4)10(11,12)6-7-13;1-5(2,3)4/h8,13H,5-7H2,1-4H3;1H3,(H,2,3,4). The second-order valence-electron chi connectivity index (χ2n) is 4.56. The molecular formula is C11H24F2O6S. The predicted molar refractivity (Wildman–Crippen MR) is 70.4 cm³/mol. The second kappa shape index (κ2) is 8.83. The maximum atomic E-state index is 13.5. The Morgan fingerprint density at radius 3 is 2.00 bits per heavy atom. The van der Waals surface area contributed by atoms with Crippen LogP contribution in [0.4, 0.5) is 8.78 Å². The summed E-state index contributed by atoms with van der Waals surface area (Å²) in [7, 11) is -3.67. The molecule has 0 aromatic carbocycles. The molecule has 0 aromatic heterocycles. The fourth-order valence-electron chi connectivity index (χ4n) is 1.21. The second-order valence-corrected chi connectivity index (χ2v) is 6.03. The van der Waals surface area contributed by atoms with Gasteiger partial charge in [-0.25, -0.2) is 8.78 Å². The van der Waals surface area contributed by atoms with E-state index in [2.05, 4.69) is 0 Å². The van der Waals surface area contributed by atoms with E-state index in [1.165, 1.54) is 13.8 Å². The van der Waals surface area contributed by atoms with Crippen molar-refractivity contribution in [3.63, 3.8) is 0 Å². The summed E-state index contributed by atoms with van der Waals surface area (Å²) in [6.07, 6.45) is -0.583. The zero-order valence-electron chi connectivity index (χ0n) is 12.4. The summed E-state index contributed by atoms with van der Waals surface area (Å²) in [5.74, 6) is -3.08. The smallest absolute Gasteiger partial charge is 0.278 e. The van der Waals surface area contributed by atoms with Crippen LogP contribution < -0.4 is 0 Å². The van der Waals surface area contributed by atoms with Crippen LogP contribution in [0.3, 0.4) is 0 Å². The highest BCUT2D eigenvalue weighted by Crippen LogP contribution is 2.35. The van der Waals surface area contributed by atoms with Crippen molar-refractivity contribution in [3.05, 3.63) is 0 Å². The lowest BCUT2D eigenvalue weighted by Crippen LogP contribution is -2.48. The third-order valence-electron chi connectivity index (χ3n) is 2.17. The summed E-state index contributed by atoms with van der Waals surface area (Å²) in [5.41, 5.74) is -1.65. The quantitative estimate of drug-likeness (QED) is 0.547. The van der Waals surface area contributed by atoms with E-state index in [1.807, 2.05) is 0 Å². The molecule has 0 radical (unpaired) electrons. The van der Waals surface area contributed by atoms with Crippen LogP contribution in [0.2, 0.25) is 0 Å². The first kappa shape index (κ1) is 21.9. The van der Waals surface area contributed by atoms with E-state index in [1.54, 1.807) is 13.8 Å². The minimum absolute atomic E-state index is 0.406. The molecule has 1 unspecified atom stereocenters. The van der Waals surface area contributed by atoms with Crippen LogP contribution in [0.15, 0.2) is 0 Å². The van der Waals surface area contributed by atoms with Crippen molar-refractivity contribution in [2.75, 3.05) is 19.5 Å². The summed E-state index contributed by atoms with van der Waals surface area (Å²) in [5, 5.41) is 8.54. The lowest BCUT2D eigenvalue weighted by Gasteiger charge is -2.35. The van der Waals surface area contributed by atoms with Gasteiger partial charge < -0.3 is 14.6 Å². The number of rotatable bonds is 7. The summed E-state index contributed by atoms with van der Waals surface area (Å²) < 4.78 is 62.9. The number of hydrogen-bond acceptors (Lipinski definition) is 5. The Morgan fingerprint density at radius 1 is 1.30 bits per heavy atom. The highest BCUT2D eigenvalue weighted by atomic mass is 32.2. The lowest BCUT2D eigenvalue weighted by molar-refractivity contribution is -0.265. The first-order chi connectivity index (χ1) is 8.77. The third-order valence-corrected chi connectivity index (χ3v) is 2.17. The van der Waals surface area contributed by atoms with E-state index in [0.717, 1.165) is 0 Å². The Hall–Kier alpha value is -0.350. The van der Waals surface area contributed by atoms with Gasteiger partial charge in [0.25, 0.3) is 16.0 Å². The van der Waals surface area contributed by atoms with Crippen LogP contribution in [0.5, 0.6) is 0 Å². The Morgan fingerprint density at radius 2 is 1.70 bits per heavy atom. The highest BCUT2D eigenvalue weighted by Gasteiger charge is 2.48. The fraction of sp³-hybridized carbons (Fsp3) is 1.00. The van der Waals surface area contributed by atoms with E-state index in [9.17, 15) is 17.2 Å². The van der Waals surface area contributed by atoms with Gasteiger partial charge in [-0.3, -0.25) is 4.55 Å². The number of hydrogen-bond donors (Lipinski definition) is 2. The fourth-order valence-corrected chi connectivity index (χ4v) is 1.21. The number of aliphatic hydroxyl groups is 1. The van der Waals surface area contributed by atoms with Crippen molar-refractivity contribution in [2.24, 2.45) is 0 Å². The normalized spacial score (nSPS) is 14.4.